The summed E-state index contributed by atoms with van der Waals surface area (Å²) in [6, 6.07) is 0. The van der Waals surface area contributed by atoms with Crippen LogP contribution in [0.5, 0.6) is 0 Å². The average Bonchev–Trinajstić information content (AvgIpc) is 2.72. The number of rotatable bonds is 2. The lowest BCUT2D eigenvalue weighted by atomic mass is 10.1. The first-order chi connectivity index (χ1) is 6.86. The second kappa shape index (κ2) is 4.15. The Hall–Kier alpha value is -1.49. The molecule has 2 N–H and O–H groups in total. The molecule has 1 atom stereocenters. The van der Waals surface area contributed by atoms with Crippen LogP contribution in [0.3, 0.4) is 0 Å². The summed E-state index contributed by atoms with van der Waals surface area (Å²) in [5.74, 6) is 0.125. The molecule has 0 bridgehead atoms. The predicted octanol–water partition coefficient (Wildman–Crippen LogP) is 0.0246. The Kier molecular flexibility index (Phi) is 2.69. The Labute approximate surface area is 82.0 Å². The van der Waals surface area contributed by atoms with E-state index in [1.807, 2.05) is 0 Å². The molecule has 1 aromatic heterocycles. The molecular formula is C9H12N4O. The molecule has 0 aromatic carbocycles. The fraction of sp³-hybridized carbons (Fsp3) is 0.444. The maximum absolute atomic E-state index is 11.6. The summed E-state index contributed by atoms with van der Waals surface area (Å²) >= 11 is 0. The first kappa shape index (κ1) is 9.08. The van der Waals surface area contributed by atoms with Crippen LogP contribution in [-0.4, -0.2) is 29.0 Å². The zero-order valence-corrected chi connectivity index (χ0v) is 7.73. The lowest BCUT2D eigenvalue weighted by Crippen LogP contribution is -2.24. The quantitative estimate of drug-likeness (QED) is 0.693. The lowest BCUT2D eigenvalue weighted by Gasteiger charge is -2.08. The van der Waals surface area contributed by atoms with Gasteiger partial charge in [-0.1, -0.05) is 0 Å². The molecule has 0 aliphatic carbocycles. The van der Waals surface area contributed by atoms with Crippen molar-refractivity contribution in [1.82, 2.24) is 15.3 Å². The van der Waals surface area contributed by atoms with Crippen molar-refractivity contribution < 1.29 is 4.79 Å². The van der Waals surface area contributed by atoms with E-state index in [-0.39, 0.29) is 11.8 Å². The number of hydrogen-bond acceptors (Lipinski definition) is 4. The standard InChI is InChI=1S/C9H12N4O/c14-9(7-1-2-10-3-7)13-8-4-11-6-12-5-8/h4-7,10H,1-3H2,(H,13,14). The third-order valence-electron chi connectivity index (χ3n) is 2.26. The van der Waals surface area contributed by atoms with Gasteiger partial charge >= 0.3 is 0 Å². The van der Waals surface area contributed by atoms with Gasteiger partial charge in [0.25, 0.3) is 0 Å². The van der Waals surface area contributed by atoms with Crippen molar-refractivity contribution in [2.24, 2.45) is 5.92 Å². The third kappa shape index (κ3) is 2.05. The molecule has 1 fully saturated rings. The number of nitrogens with zero attached hydrogens (tertiary/aromatic N) is 2. The van der Waals surface area contributed by atoms with E-state index in [1.165, 1.54) is 6.33 Å². The molecule has 1 aliphatic rings. The van der Waals surface area contributed by atoms with Crippen LogP contribution in [0.25, 0.3) is 0 Å². The van der Waals surface area contributed by atoms with Gasteiger partial charge in [-0.15, -0.1) is 0 Å². The number of carbonyl (C=O) groups excluding carboxylic acids is 1. The summed E-state index contributed by atoms with van der Waals surface area (Å²) in [5.41, 5.74) is 0.657. The first-order valence-electron chi connectivity index (χ1n) is 4.63. The Balaban J connectivity index is 1.94. The van der Waals surface area contributed by atoms with Gasteiger partial charge in [0.1, 0.15) is 6.33 Å². The largest absolute Gasteiger partial charge is 0.323 e. The van der Waals surface area contributed by atoms with E-state index in [1.54, 1.807) is 12.4 Å². The van der Waals surface area contributed by atoms with Crippen LogP contribution in [0.1, 0.15) is 6.42 Å². The molecule has 0 radical (unpaired) electrons. The Morgan fingerprint density at radius 3 is 2.93 bits per heavy atom. The monoisotopic (exact) mass is 192 g/mol. The van der Waals surface area contributed by atoms with Crippen molar-refractivity contribution in [3.05, 3.63) is 18.7 Å². The summed E-state index contributed by atoms with van der Waals surface area (Å²) in [6.45, 7) is 1.68. The van der Waals surface area contributed by atoms with Crippen LogP contribution in [-0.2, 0) is 4.79 Å². The molecule has 2 heterocycles. The second-order valence-electron chi connectivity index (χ2n) is 3.31. The number of aromatic nitrogens is 2. The summed E-state index contributed by atoms with van der Waals surface area (Å²) in [4.78, 5) is 19.3. The summed E-state index contributed by atoms with van der Waals surface area (Å²) < 4.78 is 0. The van der Waals surface area contributed by atoms with E-state index < -0.39 is 0 Å². The van der Waals surface area contributed by atoms with E-state index >= 15 is 0 Å². The van der Waals surface area contributed by atoms with E-state index in [4.69, 9.17) is 0 Å². The van der Waals surface area contributed by atoms with Crippen molar-refractivity contribution in [2.75, 3.05) is 18.4 Å². The van der Waals surface area contributed by atoms with Crippen LogP contribution >= 0.6 is 0 Å². The zero-order chi connectivity index (χ0) is 9.80. The second-order valence-corrected chi connectivity index (χ2v) is 3.31. The van der Waals surface area contributed by atoms with Crippen molar-refractivity contribution in [1.29, 1.82) is 0 Å². The number of nitrogens with one attached hydrogen (secondary N) is 2. The van der Waals surface area contributed by atoms with E-state index in [0.717, 1.165) is 19.5 Å². The van der Waals surface area contributed by atoms with Crippen molar-refractivity contribution in [3.63, 3.8) is 0 Å². The van der Waals surface area contributed by atoms with Gasteiger partial charge in [-0.05, 0) is 13.0 Å². The average molecular weight is 192 g/mol. The Bertz CT molecular complexity index is 308. The van der Waals surface area contributed by atoms with E-state index in [2.05, 4.69) is 20.6 Å². The molecule has 0 saturated carbocycles. The van der Waals surface area contributed by atoms with Crippen molar-refractivity contribution >= 4 is 11.6 Å². The maximum atomic E-state index is 11.6. The minimum absolute atomic E-state index is 0.0461. The van der Waals surface area contributed by atoms with Gasteiger partial charge in [0.05, 0.1) is 24.0 Å². The minimum Gasteiger partial charge on any atom is -0.323 e. The molecule has 1 aliphatic heterocycles. The molecule has 0 spiro atoms. The molecule has 5 nitrogen and oxygen atoms in total. The fourth-order valence-electron chi connectivity index (χ4n) is 1.49. The molecular weight excluding hydrogens is 180 g/mol. The maximum Gasteiger partial charge on any atom is 0.228 e. The summed E-state index contributed by atoms with van der Waals surface area (Å²) in [5, 5.41) is 5.93. The van der Waals surface area contributed by atoms with Gasteiger partial charge < -0.3 is 10.6 Å². The smallest absolute Gasteiger partial charge is 0.228 e. The van der Waals surface area contributed by atoms with Gasteiger partial charge in [-0.2, -0.15) is 0 Å². The van der Waals surface area contributed by atoms with E-state index in [9.17, 15) is 4.79 Å². The summed E-state index contributed by atoms with van der Waals surface area (Å²) in [6.07, 6.45) is 5.52. The van der Waals surface area contributed by atoms with Crippen LogP contribution in [0.2, 0.25) is 0 Å². The first-order valence-corrected chi connectivity index (χ1v) is 4.63. The van der Waals surface area contributed by atoms with Gasteiger partial charge in [-0.25, -0.2) is 9.97 Å². The highest BCUT2D eigenvalue weighted by molar-refractivity contribution is 5.92. The highest BCUT2D eigenvalue weighted by Gasteiger charge is 2.22. The number of carbonyl (C=O) groups is 1. The highest BCUT2D eigenvalue weighted by atomic mass is 16.1. The third-order valence-corrected chi connectivity index (χ3v) is 2.26. The molecule has 1 unspecified atom stereocenters. The van der Waals surface area contributed by atoms with Crippen LogP contribution in [0, 0.1) is 5.92 Å². The Morgan fingerprint density at radius 2 is 2.29 bits per heavy atom. The fourth-order valence-corrected chi connectivity index (χ4v) is 1.49. The zero-order valence-electron chi connectivity index (χ0n) is 7.73. The van der Waals surface area contributed by atoms with Crippen LogP contribution in [0.4, 0.5) is 5.69 Å². The van der Waals surface area contributed by atoms with Crippen LogP contribution in [0.15, 0.2) is 18.7 Å². The molecule has 74 valence electrons. The molecule has 1 saturated heterocycles. The van der Waals surface area contributed by atoms with Gasteiger partial charge in [0.15, 0.2) is 0 Å². The lowest BCUT2D eigenvalue weighted by molar-refractivity contribution is -0.119. The Morgan fingerprint density at radius 1 is 1.50 bits per heavy atom. The molecule has 2 rings (SSSR count). The predicted molar refractivity (Wildman–Crippen MR) is 51.6 cm³/mol. The van der Waals surface area contributed by atoms with Crippen molar-refractivity contribution in [2.45, 2.75) is 6.42 Å². The SMILES string of the molecule is O=C(Nc1cncnc1)C1CCNC1. The topological polar surface area (TPSA) is 66.9 Å². The van der Waals surface area contributed by atoms with Gasteiger partial charge in [0.2, 0.25) is 5.91 Å². The molecule has 5 heteroatoms. The van der Waals surface area contributed by atoms with Gasteiger partial charge in [0, 0.05) is 6.54 Å². The minimum atomic E-state index is 0.0461. The van der Waals surface area contributed by atoms with Crippen LogP contribution < -0.4 is 10.6 Å². The van der Waals surface area contributed by atoms with Gasteiger partial charge in [-0.3, -0.25) is 4.79 Å². The highest BCUT2D eigenvalue weighted by Crippen LogP contribution is 2.10. The molecule has 1 aromatic rings. The van der Waals surface area contributed by atoms with E-state index in [0.29, 0.717) is 5.69 Å². The number of hydrogen-bond donors (Lipinski definition) is 2. The van der Waals surface area contributed by atoms with Crippen molar-refractivity contribution in [3.8, 4) is 0 Å². The summed E-state index contributed by atoms with van der Waals surface area (Å²) in [7, 11) is 0. The molecule has 1 amide bonds. The number of amides is 1. The molecule has 14 heavy (non-hydrogen) atoms. The number of anilines is 1. The normalized spacial score (nSPS) is 20.7.